The van der Waals surface area contributed by atoms with Gasteiger partial charge in [0.25, 0.3) is 0 Å². The third-order valence-electron chi connectivity index (χ3n) is 2.86. The van der Waals surface area contributed by atoms with E-state index in [1.807, 2.05) is 36.4 Å². The Morgan fingerprint density at radius 2 is 1.94 bits per heavy atom. The van der Waals surface area contributed by atoms with Gasteiger partial charge >= 0.3 is 0 Å². The maximum absolute atomic E-state index is 5.71. The Hall–Kier alpha value is -1.42. The lowest BCUT2D eigenvalue weighted by Crippen LogP contribution is -2.00. The van der Waals surface area contributed by atoms with Crippen molar-refractivity contribution in [3.05, 3.63) is 52.4 Å². The molecule has 0 saturated heterocycles. The van der Waals surface area contributed by atoms with E-state index in [0.717, 1.165) is 16.0 Å². The van der Waals surface area contributed by atoms with E-state index in [-0.39, 0.29) is 0 Å². The number of nitrogens with zero attached hydrogens (tertiary/aromatic N) is 2. The molecular formula is C14H13BrN2O. The van der Waals surface area contributed by atoms with E-state index in [9.17, 15) is 0 Å². The zero-order valence-corrected chi connectivity index (χ0v) is 11.4. The van der Waals surface area contributed by atoms with Crippen molar-refractivity contribution in [2.75, 3.05) is 0 Å². The first-order valence-corrected chi connectivity index (χ1v) is 6.82. The van der Waals surface area contributed by atoms with Crippen LogP contribution in [-0.2, 0) is 6.61 Å². The molecule has 0 radical (unpaired) electrons. The van der Waals surface area contributed by atoms with Gasteiger partial charge in [-0.15, -0.1) is 0 Å². The fourth-order valence-corrected chi connectivity index (χ4v) is 2.12. The highest BCUT2D eigenvalue weighted by molar-refractivity contribution is 9.10. The van der Waals surface area contributed by atoms with Gasteiger partial charge < -0.3 is 4.74 Å². The Morgan fingerprint density at radius 1 is 1.17 bits per heavy atom. The van der Waals surface area contributed by atoms with Crippen molar-refractivity contribution in [2.45, 2.75) is 25.4 Å². The van der Waals surface area contributed by atoms with E-state index in [1.54, 1.807) is 0 Å². The first-order valence-electron chi connectivity index (χ1n) is 6.02. The maximum atomic E-state index is 5.71. The lowest BCUT2D eigenvalue weighted by molar-refractivity contribution is 0.292. The van der Waals surface area contributed by atoms with Gasteiger partial charge in [0.2, 0.25) is 5.88 Å². The van der Waals surface area contributed by atoms with Gasteiger partial charge in [-0.1, -0.05) is 30.3 Å². The summed E-state index contributed by atoms with van der Waals surface area (Å²) in [7, 11) is 0. The van der Waals surface area contributed by atoms with Gasteiger partial charge in [0.05, 0.1) is 0 Å². The summed E-state index contributed by atoms with van der Waals surface area (Å²) < 4.78 is 6.50. The van der Waals surface area contributed by atoms with Crippen LogP contribution in [0.5, 0.6) is 5.88 Å². The largest absolute Gasteiger partial charge is 0.473 e. The van der Waals surface area contributed by atoms with Crippen molar-refractivity contribution in [3.8, 4) is 5.88 Å². The standard InChI is InChI=1S/C14H13BrN2O/c15-12-8-13(17-14(16-12)11-6-7-11)18-9-10-4-2-1-3-5-10/h1-5,8,11H,6-7,9H2. The van der Waals surface area contributed by atoms with Gasteiger partial charge in [0.15, 0.2) is 0 Å². The van der Waals surface area contributed by atoms with Gasteiger partial charge in [-0.3, -0.25) is 0 Å². The summed E-state index contributed by atoms with van der Waals surface area (Å²) in [5, 5.41) is 0. The molecule has 4 heteroatoms. The van der Waals surface area contributed by atoms with Gasteiger partial charge in [0.1, 0.15) is 17.0 Å². The SMILES string of the molecule is Brc1cc(OCc2ccccc2)nc(C2CC2)n1. The van der Waals surface area contributed by atoms with Crippen molar-refractivity contribution in [1.29, 1.82) is 0 Å². The molecule has 0 spiro atoms. The first kappa shape index (κ1) is 11.7. The van der Waals surface area contributed by atoms with E-state index >= 15 is 0 Å². The Morgan fingerprint density at radius 3 is 2.67 bits per heavy atom. The molecule has 0 atom stereocenters. The fraction of sp³-hybridized carbons (Fsp3) is 0.286. The van der Waals surface area contributed by atoms with Crippen LogP contribution >= 0.6 is 15.9 Å². The monoisotopic (exact) mass is 304 g/mol. The van der Waals surface area contributed by atoms with Crippen molar-refractivity contribution >= 4 is 15.9 Å². The molecule has 1 aliphatic rings. The fourth-order valence-electron chi connectivity index (χ4n) is 1.74. The summed E-state index contributed by atoms with van der Waals surface area (Å²) in [5.41, 5.74) is 1.14. The molecule has 1 aromatic heterocycles. The predicted molar refractivity (Wildman–Crippen MR) is 72.5 cm³/mol. The molecule has 0 unspecified atom stereocenters. The number of ether oxygens (including phenoxy) is 1. The Balaban J connectivity index is 1.72. The van der Waals surface area contributed by atoms with Crippen molar-refractivity contribution < 1.29 is 4.74 Å². The van der Waals surface area contributed by atoms with Crippen LogP contribution in [-0.4, -0.2) is 9.97 Å². The zero-order chi connectivity index (χ0) is 12.4. The average molecular weight is 305 g/mol. The van der Waals surface area contributed by atoms with Crippen LogP contribution < -0.4 is 4.74 Å². The topological polar surface area (TPSA) is 35.0 Å². The number of aromatic nitrogens is 2. The third-order valence-corrected chi connectivity index (χ3v) is 3.27. The summed E-state index contributed by atoms with van der Waals surface area (Å²) in [6.45, 7) is 0.536. The van der Waals surface area contributed by atoms with Crippen LogP contribution in [0.2, 0.25) is 0 Å². The minimum absolute atomic E-state index is 0.529. The van der Waals surface area contributed by atoms with Crippen molar-refractivity contribution in [2.24, 2.45) is 0 Å². The molecule has 1 heterocycles. The number of rotatable bonds is 4. The molecule has 0 amide bonds. The van der Waals surface area contributed by atoms with Crippen molar-refractivity contribution in [1.82, 2.24) is 9.97 Å². The van der Waals surface area contributed by atoms with Crippen LogP contribution in [0.1, 0.15) is 30.1 Å². The van der Waals surface area contributed by atoms with Crippen LogP contribution in [0.25, 0.3) is 0 Å². The average Bonchev–Trinajstić information content (AvgIpc) is 3.21. The van der Waals surface area contributed by atoms with Gasteiger partial charge in [-0.25, -0.2) is 4.98 Å². The highest BCUT2D eigenvalue weighted by Gasteiger charge is 2.27. The molecule has 1 aromatic carbocycles. The van der Waals surface area contributed by atoms with Gasteiger partial charge in [-0.05, 0) is 34.3 Å². The second-order valence-electron chi connectivity index (χ2n) is 4.44. The molecule has 3 rings (SSSR count). The molecule has 1 saturated carbocycles. The van der Waals surface area contributed by atoms with Crippen LogP contribution in [0.15, 0.2) is 41.0 Å². The summed E-state index contributed by atoms with van der Waals surface area (Å²) in [5.74, 6) is 2.07. The predicted octanol–water partition coefficient (Wildman–Crippen LogP) is 3.70. The highest BCUT2D eigenvalue weighted by atomic mass is 79.9. The Labute approximate surface area is 114 Å². The van der Waals surface area contributed by atoms with Crippen LogP contribution in [0.4, 0.5) is 0 Å². The summed E-state index contributed by atoms with van der Waals surface area (Å²) >= 11 is 3.40. The number of halogens is 1. The van der Waals surface area contributed by atoms with Gasteiger partial charge in [-0.2, -0.15) is 4.98 Å². The minimum Gasteiger partial charge on any atom is -0.473 e. The Kier molecular flexibility index (Phi) is 3.28. The molecule has 92 valence electrons. The molecule has 18 heavy (non-hydrogen) atoms. The lowest BCUT2D eigenvalue weighted by Gasteiger charge is -2.07. The Bertz CT molecular complexity index is 541. The van der Waals surface area contributed by atoms with Crippen LogP contribution in [0.3, 0.4) is 0 Å². The second kappa shape index (κ2) is 5.06. The molecule has 2 aromatic rings. The molecule has 1 fully saturated rings. The maximum Gasteiger partial charge on any atom is 0.218 e. The smallest absolute Gasteiger partial charge is 0.218 e. The number of hydrogen-bond acceptors (Lipinski definition) is 3. The normalized spacial score (nSPS) is 14.5. The molecule has 3 nitrogen and oxygen atoms in total. The van der Waals surface area contributed by atoms with Crippen molar-refractivity contribution in [3.63, 3.8) is 0 Å². The van der Waals surface area contributed by atoms with E-state index in [0.29, 0.717) is 18.4 Å². The van der Waals surface area contributed by atoms with Gasteiger partial charge in [0, 0.05) is 12.0 Å². The molecule has 0 aliphatic heterocycles. The first-order chi connectivity index (χ1) is 8.81. The number of hydrogen-bond donors (Lipinski definition) is 0. The molecular weight excluding hydrogens is 292 g/mol. The molecule has 0 bridgehead atoms. The molecule has 1 aliphatic carbocycles. The minimum atomic E-state index is 0.529. The highest BCUT2D eigenvalue weighted by Crippen LogP contribution is 2.39. The summed E-state index contributed by atoms with van der Waals surface area (Å²) in [6.07, 6.45) is 2.38. The summed E-state index contributed by atoms with van der Waals surface area (Å²) in [6, 6.07) is 11.9. The summed E-state index contributed by atoms with van der Waals surface area (Å²) in [4.78, 5) is 8.82. The van der Waals surface area contributed by atoms with E-state index in [2.05, 4.69) is 25.9 Å². The third kappa shape index (κ3) is 2.88. The molecule has 0 N–H and O–H groups in total. The van der Waals surface area contributed by atoms with E-state index < -0.39 is 0 Å². The lowest BCUT2D eigenvalue weighted by atomic mass is 10.2. The number of benzene rings is 1. The zero-order valence-electron chi connectivity index (χ0n) is 9.84. The van der Waals surface area contributed by atoms with E-state index in [4.69, 9.17) is 4.74 Å². The van der Waals surface area contributed by atoms with E-state index in [1.165, 1.54) is 12.8 Å². The quantitative estimate of drug-likeness (QED) is 0.808. The van der Waals surface area contributed by atoms with Crippen LogP contribution in [0, 0.1) is 0 Å². The second-order valence-corrected chi connectivity index (χ2v) is 5.25.